The molecule has 1 amide bonds. The van der Waals surface area contributed by atoms with Gasteiger partial charge in [0.15, 0.2) is 0 Å². The summed E-state index contributed by atoms with van der Waals surface area (Å²) in [6, 6.07) is 3.44. The minimum Gasteiger partial charge on any atom is -0.491 e. The number of hydrogen-bond donors (Lipinski definition) is 1. The minimum absolute atomic E-state index is 0.0700. The van der Waals surface area contributed by atoms with Crippen LogP contribution in [0.1, 0.15) is 31.9 Å². The maximum absolute atomic E-state index is 10.9. The topological polar surface area (TPSA) is 64.6 Å². The van der Waals surface area contributed by atoms with Gasteiger partial charge in [-0.25, -0.2) is 0 Å². The van der Waals surface area contributed by atoms with Gasteiger partial charge in [-0.1, -0.05) is 0 Å². The summed E-state index contributed by atoms with van der Waals surface area (Å²) < 4.78 is 10.8. The lowest BCUT2D eigenvalue weighted by atomic mass is 10.1. The average molecular weight is 279 g/mol. The molecule has 1 N–H and O–H groups in total. The van der Waals surface area contributed by atoms with E-state index >= 15 is 0 Å². The molecule has 0 bridgehead atoms. The molecule has 5 heteroatoms. The molecule has 0 radical (unpaired) electrons. The van der Waals surface area contributed by atoms with Gasteiger partial charge in [0.1, 0.15) is 18.1 Å². The van der Waals surface area contributed by atoms with E-state index in [-0.39, 0.29) is 17.9 Å². The van der Waals surface area contributed by atoms with Crippen LogP contribution in [0.3, 0.4) is 0 Å². The Hall–Kier alpha value is -2.04. The molecule has 0 aliphatic carbocycles. The van der Waals surface area contributed by atoms with Gasteiger partial charge in [-0.3, -0.25) is 9.59 Å². The summed E-state index contributed by atoms with van der Waals surface area (Å²) >= 11 is 0. The van der Waals surface area contributed by atoms with Crippen LogP contribution in [-0.2, 0) is 9.59 Å². The molecule has 0 aliphatic rings. The predicted molar refractivity (Wildman–Crippen MR) is 76.0 cm³/mol. The summed E-state index contributed by atoms with van der Waals surface area (Å²) in [5, 5.41) is 2.76. The van der Waals surface area contributed by atoms with Crippen molar-refractivity contribution in [3.63, 3.8) is 0 Å². The standard InChI is InChI=1S/C15H21NO4/c1-9-6-14(20-13(5)18)7-10(2)15(9)19-8-11(3)16-12(4)17/h6-7,11H,8H2,1-5H3,(H,16,17). The van der Waals surface area contributed by atoms with E-state index < -0.39 is 0 Å². The third-order valence-electron chi connectivity index (χ3n) is 2.62. The van der Waals surface area contributed by atoms with Crippen molar-refractivity contribution in [3.05, 3.63) is 23.3 Å². The molecule has 0 aliphatic heterocycles. The van der Waals surface area contributed by atoms with Crippen LogP contribution in [0.25, 0.3) is 0 Å². The van der Waals surface area contributed by atoms with Crippen molar-refractivity contribution < 1.29 is 19.1 Å². The zero-order chi connectivity index (χ0) is 15.3. The Kier molecular flexibility index (Phi) is 5.55. The number of aryl methyl sites for hydroxylation is 2. The first-order valence-electron chi connectivity index (χ1n) is 6.49. The number of amides is 1. The molecule has 5 nitrogen and oxygen atoms in total. The van der Waals surface area contributed by atoms with E-state index in [0.717, 1.165) is 16.9 Å². The Labute approximate surface area is 119 Å². The van der Waals surface area contributed by atoms with Crippen LogP contribution in [0.5, 0.6) is 11.5 Å². The van der Waals surface area contributed by atoms with E-state index in [1.807, 2.05) is 20.8 Å². The maximum Gasteiger partial charge on any atom is 0.308 e. The summed E-state index contributed by atoms with van der Waals surface area (Å²) in [7, 11) is 0. The lowest BCUT2D eigenvalue weighted by Crippen LogP contribution is -2.35. The number of hydrogen-bond acceptors (Lipinski definition) is 4. The number of carbonyl (C=O) groups excluding carboxylic acids is 2. The quantitative estimate of drug-likeness (QED) is 0.662. The molecule has 0 spiro atoms. The maximum atomic E-state index is 10.9. The molecule has 1 aromatic carbocycles. The highest BCUT2D eigenvalue weighted by atomic mass is 16.5. The van der Waals surface area contributed by atoms with Gasteiger partial charge in [-0.05, 0) is 44.0 Å². The van der Waals surface area contributed by atoms with E-state index in [9.17, 15) is 9.59 Å². The van der Waals surface area contributed by atoms with Crippen molar-refractivity contribution in [1.29, 1.82) is 0 Å². The van der Waals surface area contributed by atoms with Gasteiger partial charge in [0, 0.05) is 13.8 Å². The fourth-order valence-electron chi connectivity index (χ4n) is 1.96. The Morgan fingerprint density at radius 1 is 1.20 bits per heavy atom. The smallest absolute Gasteiger partial charge is 0.308 e. The first kappa shape index (κ1) is 16.0. The Bertz CT molecular complexity index is 488. The first-order chi connectivity index (χ1) is 9.29. The molecule has 0 heterocycles. The summed E-state index contributed by atoms with van der Waals surface area (Å²) in [6.45, 7) is 8.87. The third kappa shape index (κ3) is 4.91. The van der Waals surface area contributed by atoms with E-state index in [1.54, 1.807) is 12.1 Å². The number of carbonyl (C=O) groups is 2. The van der Waals surface area contributed by atoms with Crippen molar-refractivity contribution in [2.75, 3.05) is 6.61 Å². The number of ether oxygens (including phenoxy) is 2. The summed E-state index contributed by atoms with van der Waals surface area (Å²) in [6.07, 6.45) is 0. The normalized spacial score (nSPS) is 11.7. The summed E-state index contributed by atoms with van der Waals surface area (Å²) in [5.41, 5.74) is 1.77. The molecule has 1 aromatic rings. The van der Waals surface area contributed by atoms with Gasteiger partial charge >= 0.3 is 5.97 Å². The second-order valence-corrected chi connectivity index (χ2v) is 4.89. The third-order valence-corrected chi connectivity index (χ3v) is 2.62. The van der Waals surface area contributed by atoms with Gasteiger partial charge in [0.05, 0.1) is 6.04 Å². The Balaban J connectivity index is 2.76. The van der Waals surface area contributed by atoms with E-state index in [0.29, 0.717) is 12.4 Å². The molecule has 0 fully saturated rings. The van der Waals surface area contributed by atoms with Crippen molar-refractivity contribution in [1.82, 2.24) is 5.32 Å². The molecule has 1 unspecified atom stereocenters. The second-order valence-electron chi connectivity index (χ2n) is 4.89. The highest BCUT2D eigenvalue weighted by Gasteiger charge is 2.11. The van der Waals surface area contributed by atoms with Gasteiger partial charge in [-0.15, -0.1) is 0 Å². The zero-order valence-corrected chi connectivity index (χ0v) is 12.6. The van der Waals surface area contributed by atoms with Crippen LogP contribution in [0.2, 0.25) is 0 Å². The minimum atomic E-state index is -0.350. The van der Waals surface area contributed by atoms with Gasteiger partial charge in [0.25, 0.3) is 0 Å². The van der Waals surface area contributed by atoms with Crippen molar-refractivity contribution >= 4 is 11.9 Å². The number of esters is 1. The molecule has 20 heavy (non-hydrogen) atoms. The van der Waals surface area contributed by atoms with Crippen LogP contribution in [0, 0.1) is 13.8 Å². The predicted octanol–water partition coefficient (Wildman–Crippen LogP) is 2.13. The summed E-state index contributed by atoms with van der Waals surface area (Å²) in [5.74, 6) is 0.823. The van der Waals surface area contributed by atoms with Crippen molar-refractivity contribution in [2.45, 2.75) is 40.7 Å². The van der Waals surface area contributed by atoms with Gasteiger partial charge < -0.3 is 14.8 Å². The molecule has 1 atom stereocenters. The van der Waals surface area contributed by atoms with E-state index in [4.69, 9.17) is 9.47 Å². The number of benzene rings is 1. The van der Waals surface area contributed by atoms with Crippen LogP contribution >= 0.6 is 0 Å². The van der Waals surface area contributed by atoms with Gasteiger partial charge in [0.2, 0.25) is 5.91 Å². The SMILES string of the molecule is CC(=O)NC(C)COc1c(C)cc(OC(C)=O)cc1C. The van der Waals surface area contributed by atoms with Crippen molar-refractivity contribution in [2.24, 2.45) is 0 Å². The lowest BCUT2D eigenvalue weighted by molar-refractivity contribution is -0.131. The average Bonchev–Trinajstić information content (AvgIpc) is 2.25. The molecule has 0 saturated carbocycles. The molecule has 0 saturated heterocycles. The van der Waals surface area contributed by atoms with Crippen LogP contribution in [0.15, 0.2) is 12.1 Å². The Morgan fingerprint density at radius 3 is 2.20 bits per heavy atom. The zero-order valence-electron chi connectivity index (χ0n) is 12.6. The monoisotopic (exact) mass is 279 g/mol. The lowest BCUT2D eigenvalue weighted by Gasteiger charge is -2.17. The molecule has 1 rings (SSSR count). The molecule has 0 aromatic heterocycles. The second kappa shape index (κ2) is 6.93. The fourth-order valence-corrected chi connectivity index (χ4v) is 1.96. The first-order valence-corrected chi connectivity index (χ1v) is 6.49. The molecular formula is C15H21NO4. The number of nitrogens with one attached hydrogen (secondary N) is 1. The van der Waals surface area contributed by atoms with Crippen LogP contribution < -0.4 is 14.8 Å². The Morgan fingerprint density at radius 2 is 1.75 bits per heavy atom. The number of rotatable bonds is 5. The highest BCUT2D eigenvalue weighted by Crippen LogP contribution is 2.28. The van der Waals surface area contributed by atoms with Crippen LogP contribution in [-0.4, -0.2) is 24.5 Å². The van der Waals surface area contributed by atoms with E-state index in [1.165, 1.54) is 13.8 Å². The summed E-state index contributed by atoms with van der Waals surface area (Å²) in [4.78, 5) is 21.9. The molecular weight excluding hydrogens is 258 g/mol. The van der Waals surface area contributed by atoms with E-state index in [2.05, 4.69) is 5.32 Å². The highest BCUT2D eigenvalue weighted by molar-refractivity contribution is 5.73. The van der Waals surface area contributed by atoms with Gasteiger partial charge in [-0.2, -0.15) is 0 Å². The fraction of sp³-hybridized carbons (Fsp3) is 0.467. The van der Waals surface area contributed by atoms with Crippen LogP contribution in [0.4, 0.5) is 0 Å². The van der Waals surface area contributed by atoms with Crippen molar-refractivity contribution in [3.8, 4) is 11.5 Å². The molecule has 110 valence electrons. The largest absolute Gasteiger partial charge is 0.491 e.